The van der Waals surface area contributed by atoms with Gasteiger partial charge in [-0.2, -0.15) is 0 Å². The van der Waals surface area contributed by atoms with Crippen LogP contribution in [0.1, 0.15) is 6.92 Å². The number of methoxy groups -OCH3 is 3. The molecule has 5 heteroatoms. The fraction of sp³-hybridized carbons (Fsp3) is 0.500. The first-order chi connectivity index (χ1) is 9.13. The number of carbonyl (C=O) groups is 1. The van der Waals surface area contributed by atoms with Crippen molar-refractivity contribution in [2.45, 2.75) is 13.0 Å². The highest BCUT2D eigenvalue weighted by atomic mass is 16.5. The molecule has 0 saturated heterocycles. The van der Waals surface area contributed by atoms with E-state index in [0.29, 0.717) is 12.4 Å². The highest BCUT2D eigenvalue weighted by molar-refractivity contribution is 5.80. The van der Waals surface area contributed by atoms with Crippen molar-refractivity contribution in [3.05, 3.63) is 24.3 Å². The number of para-hydroxylation sites is 2. The van der Waals surface area contributed by atoms with Crippen molar-refractivity contribution in [2.75, 3.05) is 33.3 Å². The first kappa shape index (κ1) is 15.3. The van der Waals surface area contributed by atoms with Crippen LogP contribution in [0, 0.1) is 5.92 Å². The van der Waals surface area contributed by atoms with Crippen LogP contribution in [0.5, 0.6) is 5.75 Å². The van der Waals surface area contributed by atoms with Crippen molar-refractivity contribution in [3.8, 4) is 5.75 Å². The van der Waals surface area contributed by atoms with Gasteiger partial charge < -0.3 is 19.5 Å². The molecule has 0 saturated carbocycles. The molecule has 0 bridgehead atoms. The lowest BCUT2D eigenvalue weighted by Gasteiger charge is -2.24. The summed E-state index contributed by atoms with van der Waals surface area (Å²) in [6, 6.07) is 6.95. The number of hydrogen-bond acceptors (Lipinski definition) is 5. The van der Waals surface area contributed by atoms with Crippen LogP contribution in [0.4, 0.5) is 5.69 Å². The van der Waals surface area contributed by atoms with Gasteiger partial charge in [-0.25, -0.2) is 4.79 Å². The van der Waals surface area contributed by atoms with Gasteiger partial charge in [-0.3, -0.25) is 0 Å². The Balaban J connectivity index is 2.90. The van der Waals surface area contributed by atoms with Crippen molar-refractivity contribution in [3.63, 3.8) is 0 Å². The maximum atomic E-state index is 11.9. The molecule has 0 amide bonds. The molecule has 0 spiro atoms. The summed E-state index contributed by atoms with van der Waals surface area (Å²) in [6.07, 6.45) is 0. The van der Waals surface area contributed by atoms with Gasteiger partial charge in [-0.05, 0) is 12.1 Å². The number of carbonyl (C=O) groups excluding carboxylic acids is 1. The van der Waals surface area contributed by atoms with Crippen LogP contribution in [-0.4, -0.2) is 39.9 Å². The molecule has 1 N–H and O–H groups in total. The Kier molecular flexibility index (Phi) is 6.15. The number of nitrogens with one attached hydrogen (secondary N) is 1. The minimum atomic E-state index is -0.485. The van der Waals surface area contributed by atoms with Crippen molar-refractivity contribution in [2.24, 2.45) is 5.92 Å². The number of ether oxygens (including phenoxy) is 3. The molecule has 1 rings (SSSR count). The Morgan fingerprint density at radius 3 is 2.53 bits per heavy atom. The summed E-state index contributed by atoms with van der Waals surface area (Å²) >= 11 is 0. The molecule has 106 valence electrons. The highest BCUT2D eigenvalue weighted by Crippen LogP contribution is 2.25. The molecular weight excluding hydrogens is 246 g/mol. The fourth-order valence-corrected chi connectivity index (χ4v) is 1.85. The normalized spacial score (nSPS) is 13.5. The number of esters is 1. The molecule has 2 unspecified atom stereocenters. The van der Waals surface area contributed by atoms with E-state index >= 15 is 0 Å². The minimum Gasteiger partial charge on any atom is -0.495 e. The van der Waals surface area contributed by atoms with Crippen LogP contribution in [0.25, 0.3) is 0 Å². The number of hydrogen-bond donors (Lipinski definition) is 1. The van der Waals surface area contributed by atoms with Gasteiger partial charge in [0.2, 0.25) is 0 Å². The largest absolute Gasteiger partial charge is 0.495 e. The molecule has 0 heterocycles. The van der Waals surface area contributed by atoms with E-state index in [2.05, 4.69) is 5.32 Å². The van der Waals surface area contributed by atoms with E-state index < -0.39 is 6.04 Å². The van der Waals surface area contributed by atoms with Crippen molar-refractivity contribution in [1.29, 1.82) is 0 Å². The maximum Gasteiger partial charge on any atom is 0.328 e. The van der Waals surface area contributed by atoms with Gasteiger partial charge in [0.05, 0.1) is 26.5 Å². The number of benzene rings is 1. The van der Waals surface area contributed by atoms with Gasteiger partial charge in [-0.1, -0.05) is 19.1 Å². The monoisotopic (exact) mass is 267 g/mol. The topological polar surface area (TPSA) is 56.8 Å². The van der Waals surface area contributed by atoms with Crippen LogP contribution in [0.3, 0.4) is 0 Å². The van der Waals surface area contributed by atoms with Crippen molar-refractivity contribution in [1.82, 2.24) is 0 Å². The van der Waals surface area contributed by atoms with E-state index in [-0.39, 0.29) is 11.9 Å². The van der Waals surface area contributed by atoms with Gasteiger partial charge >= 0.3 is 5.97 Å². The lowest BCUT2D eigenvalue weighted by molar-refractivity contribution is -0.143. The van der Waals surface area contributed by atoms with E-state index in [1.54, 1.807) is 14.2 Å². The molecular formula is C14H21NO4. The van der Waals surface area contributed by atoms with Crippen LogP contribution in [-0.2, 0) is 14.3 Å². The third-order valence-corrected chi connectivity index (χ3v) is 2.87. The lowest BCUT2D eigenvalue weighted by atomic mass is 10.0. The maximum absolute atomic E-state index is 11.9. The Morgan fingerprint density at radius 2 is 1.95 bits per heavy atom. The number of anilines is 1. The fourth-order valence-electron chi connectivity index (χ4n) is 1.85. The van der Waals surface area contributed by atoms with E-state index in [0.717, 1.165) is 5.69 Å². The number of rotatable bonds is 7. The molecule has 0 aliphatic carbocycles. The van der Waals surface area contributed by atoms with E-state index in [9.17, 15) is 4.79 Å². The molecule has 0 aromatic heterocycles. The van der Waals surface area contributed by atoms with Gasteiger partial charge in [0.15, 0.2) is 0 Å². The summed E-state index contributed by atoms with van der Waals surface area (Å²) in [6.45, 7) is 2.38. The average molecular weight is 267 g/mol. The Labute approximate surface area is 113 Å². The van der Waals surface area contributed by atoms with Crippen molar-refractivity contribution < 1.29 is 19.0 Å². The standard InChI is InChI=1S/C14H21NO4/c1-10(9-17-2)13(14(16)19-4)15-11-7-5-6-8-12(11)18-3/h5-8,10,13,15H,9H2,1-4H3. The second-order valence-electron chi connectivity index (χ2n) is 4.28. The quantitative estimate of drug-likeness (QED) is 0.765. The third kappa shape index (κ3) is 4.13. The second-order valence-corrected chi connectivity index (χ2v) is 4.28. The first-order valence-electron chi connectivity index (χ1n) is 6.10. The summed E-state index contributed by atoms with van der Waals surface area (Å²) in [5.41, 5.74) is 0.753. The van der Waals surface area contributed by atoms with Crippen LogP contribution < -0.4 is 10.1 Å². The van der Waals surface area contributed by atoms with E-state index in [1.807, 2.05) is 31.2 Å². The molecule has 0 radical (unpaired) electrons. The lowest BCUT2D eigenvalue weighted by Crippen LogP contribution is -2.38. The van der Waals surface area contributed by atoms with E-state index in [1.165, 1.54) is 7.11 Å². The second kappa shape index (κ2) is 7.63. The Bertz CT molecular complexity index is 408. The molecule has 0 aliphatic heterocycles. The van der Waals surface area contributed by atoms with E-state index in [4.69, 9.17) is 14.2 Å². The first-order valence-corrected chi connectivity index (χ1v) is 6.10. The third-order valence-electron chi connectivity index (χ3n) is 2.87. The molecule has 2 atom stereocenters. The van der Waals surface area contributed by atoms with Gasteiger partial charge in [0, 0.05) is 13.0 Å². The summed E-state index contributed by atoms with van der Waals surface area (Å²) < 4.78 is 15.2. The zero-order chi connectivity index (χ0) is 14.3. The highest BCUT2D eigenvalue weighted by Gasteiger charge is 2.26. The summed E-state index contributed by atoms with van der Waals surface area (Å²) in [7, 11) is 4.57. The molecule has 1 aromatic rings. The molecule has 1 aromatic carbocycles. The van der Waals surface area contributed by atoms with Gasteiger partial charge in [-0.15, -0.1) is 0 Å². The van der Waals surface area contributed by atoms with Crippen LogP contribution in [0.2, 0.25) is 0 Å². The smallest absolute Gasteiger partial charge is 0.328 e. The average Bonchev–Trinajstić information content (AvgIpc) is 2.44. The summed E-state index contributed by atoms with van der Waals surface area (Å²) in [5, 5.41) is 3.15. The molecule has 0 aliphatic rings. The van der Waals surface area contributed by atoms with Crippen LogP contribution in [0.15, 0.2) is 24.3 Å². The zero-order valence-corrected chi connectivity index (χ0v) is 11.8. The summed E-state index contributed by atoms with van der Waals surface area (Å²) in [5.74, 6) is 0.332. The molecule has 19 heavy (non-hydrogen) atoms. The molecule has 0 fully saturated rings. The zero-order valence-electron chi connectivity index (χ0n) is 11.8. The predicted molar refractivity (Wildman–Crippen MR) is 73.5 cm³/mol. The van der Waals surface area contributed by atoms with Crippen molar-refractivity contribution >= 4 is 11.7 Å². The Hall–Kier alpha value is -1.75. The van der Waals surface area contributed by atoms with Crippen LogP contribution >= 0.6 is 0 Å². The van der Waals surface area contributed by atoms with Gasteiger partial charge in [0.1, 0.15) is 11.8 Å². The molecule has 5 nitrogen and oxygen atoms in total. The minimum absolute atomic E-state index is 0.0256. The summed E-state index contributed by atoms with van der Waals surface area (Å²) in [4.78, 5) is 11.9. The SMILES string of the molecule is COCC(C)C(Nc1ccccc1OC)C(=O)OC. The predicted octanol–water partition coefficient (Wildman–Crippen LogP) is 1.93. The van der Waals surface area contributed by atoms with Gasteiger partial charge in [0.25, 0.3) is 0 Å². The Morgan fingerprint density at radius 1 is 1.26 bits per heavy atom.